The average Bonchev–Trinajstić information content (AvgIpc) is 3.93. The molecule has 11 atom stereocenters. The summed E-state index contributed by atoms with van der Waals surface area (Å²) in [6.07, 6.45) is 66.2. The second-order valence-corrected chi connectivity index (χ2v) is 20.8. The van der Waals surface area contributed by atoms with Crippen molar-refractivity contribution >= 4 is 0 Å². The molecular formula is C56H68N2. The molecule has 2 saturated heterocycles. The van der Waals surface area contributed by atoms with E-state index >= 15 is 0 Å². The van der Waals surface area contributed by atoms with Gasteiger partial charge in [-0.1, -0.05) is 134 Å². The third-order valence-electron chi connectivity index (χ3n) is 17.2. The minimum atomic E-state index is 0.0650. The van der Waals surface area contributed by atoms with Gasteiger partial charge in [0.25, 0.3) is 0 Å². The van der Waals surface area contributed by atoms with E-state index in [9.17, 15) is 0 Å². The molecule has 302 valence electrons. The van der Waals surface area contributed by atoms with E-state index in [4.69, 9.17) is 0 Å². The Balaban J connectivity index is 0.903. The predicted octanol–water partition coefficient (Wildman–Crippen LogP) is 13.7. The molecule has 58 heavy (non-hydrogen) atoms. The summed E-state index contributed by atoms with van der Waals surface area (Å²) in [6, 6.07) is 1.70. The van der Waals surface area contributed by atoms with Gasteiger partial charge >= 0.3 is 0 Å². The lowest BCUT2D eigenvalue weighted by molar-refractivity contribution is 0.139. The van der Waals surface area contributed by atoms with Gasteiger partial charge in [0.05, 0.1) is 11.6 Å². The van der Waals surface area contributed by atoms with Crippen molar-refractivity contribution in [3.8, 4) is 0 Å². The predicted molar refractivity (Wildman–Crippen MR) is 242 cm³/mol. The molecule has 11 rings (SSSR count). The normalized spacial score (nSPS) is 41.3. The minimum Gasteiger partial charge on any atom is -0.364 e. The van der Waals surface area contributed by atoms with Crippen LogP contribution in [-0.2, 0) is 0 Å². The van der Waals surface area contributed by atoms with Crippen LogP contribution in [0.2, 0.25) is 0 Å². The van der Waals surface area contributed by atoms with E-state index in [1.807, 2.05) is 0 Å². The van der Waals surface area contributed by atoms with Crippen LogP contribution in [0.3, 0.4) is 0 Å². The highest BCUT2D eigenvalue weighted by Crippen LogP contribution is 2.57. The quantitative estimate of drug-likeness (QED) is 0.248. The number of rotatable bonds is 6. The van der Waals surface area contributed by atoms with Gasteiger partial charge < -0.3 is 9.80 Å². The van der Waals surface area contributed by atoms with Crippen LogP contribution in [0, 0.1) is 40.9 Å². The molecule has 2 aliphatic heterocycles. The number of hydrogen-bond acceptors (Lipinski definition) is 2. The summed E-state index contributed by atoms with van der Waals surface area (Å²) in [4.78, 5) is 5.99. The molecule has 0 aromatic carbocycles. The van der Waals surface area contributed by atoms with Gasteiger partial charge in [0.15, 0.2) is 0 Å². The van der Waals surface area contributed by atoms with Crippen LogP contribution < -0.4 is 0 Å². The highest BCUT2D eigenvalue weighted by molar-refractivity contribution is 5.48. The molecule has 1 saturated carbocycles. The number of likely N-dealkylation sites (tertiary alicyclic amines) is 2. The summed E-state index contributed by atoms with van der Waals surface area (Å²) in [5.74, 6) is 3.64. The van der Waals surface area contributed by atoms with E-state index in [2.05, 4.69) is 140 Å². The lowest BCUT2D eigenvalue weighted by Crippen LogP contribution is -2.49. The maximum atomic E-state index is 3.02. The van der Waals surface area contributed by atoms with Gasteiger partial charge in [0.2, 0.25) is 0 Å². The maximum absolute atomic E-state index is 3.02. The molecule has 0 amide bonds. The molecule has 2 heteroatoms. The molecule has 0 aromatic heterocycles. The van der Waals surface area contributed by atoms with E-state index in [1.165, 1.54) is 94.6 Å². The fourth-order valence-electron chi connectivity index (χ4n) is 14.4. The van der Waals surface area contributed by atoms with Crippen LogP contribution in [-0.4, -0.2) is 33.5 Å². The average molecular weight is 769 g/mol. The van der Waals surface area contributed by atoms with Crippen molar-refractivity contribution in [3.05, 3.63) is 154 Å². The molecule has 0 radical (unpaired) electrons. The molecule has 10 unspecified atom stereocenters. The molecule has 0 spiro atoms. The number of fused-ring (bicyclic) bond motifs is 6. The first-order valence-corrected chi connectivity index (χ1v) is 23.9. The lowest BCUT2D eigenvalue weighted by Gasteiger charge is -2.45. The smallest absolute Gasteiger partial charge is 0.0628 e. The van der Waals surface area contributed by atoms with Crippen LogP contribution in [0.15, 0.2) is 154 Å². The lowest BCUT2D eigenvalue weighted by atomic mass is 9.70. The summed E-state index contributed by atoms with van der Waals surface area (Å²) >= 11 is 0. The summed E-state index contributed by atoms with van der Waals surface area (Å²) in [7, 11) is 0. The molecule has 0 N–H and O–H groups in total. The zero-order valence-electron chi connectivity index (χ0n) is 35.8. The van der Waals surface area contributed by atoms with Gasteiger partial charge in [-0.3, -0.25) is 0 Å². The number of nitrogens with zero attached hydrogens (tertiary/aromatic N) is 2. The third kappa shape index (κ3) is 6.24. The molecule has 11 aliphatic rings. The molecule has 0 aromatic rings. The monoisotopic (exact) mass is 769 g/mol. The van der Waals surface area contributed by atoms with Crippen molar-refractivity contribution < 1.29 is 0 Å². The van der Waals surface area contributed by atoms with Crippen molar-refractivity contribution in [3.63, 3.8) is 0 Å². The Bertz CT molecular complexity index is 2110. The maximum Gasteiger partial charge on any atom is 0.0628 e. The first-order chi connectivity index (χ1) is 28.4. The SMILES string of the molecule is CC1=CC=C(C2(C)C=C(C3C=CCCC3)C=C(N3C4C=CC(C5C=C6C(CC5)C5C=CC=C[C@@]5(C)N6C5CC=C(C6=CCCC=C6)CC5)=CC4C4CCCCC43)C2)C1. The van der Waals surface area contributed by atoms with Crippen molar-refractivity contribution in [2.24, 2.45) is 40.9 Å². The van der Waals surface area contributed by atoms with Crippen molar-refractivity contribution in [1.82, 2.24) is 9.80 Å². The van der Waals surface area contributed by atoms with Gasteiger partial charge in [0, 0.05) is 58.5 Å². The summed E-state index contributed by atoms with van der Waals surface area (Å²) in [6.45, 7) is 7.45. The molecule has 2 nitrogen and oxygen atoms in total. The molecule has 9 aliphatic carbocycles. The van der Waals surface area contributed by atoms with Gasteiger partial charge in [-0.25, -0.2) is 0 Å². The Morgan fingerprint density at radius 1 is 0.776 bits per heavy atom. The van der Waals surface area contributed by atoms with Crippen LogP contribution in [0.1, 0.15) is 124 Å². The third-order valence-corrected chi connectivity index (χ3v) is 17.2. The standard InChI is InChI=1S/C56H68N2/c1-38-21-26-45(32-38)55(2)36-44(40-16-8-5-9-17-40)33-47(37-55)57-52-20-11-10-18-48(52)50-34-42(25-30-53(50)57)43-24-29-49-51-19-12-13-31-56(51,3)58(54(49)35-43)46-27-22-41(23-28-46)39-14-6-4-7-15-39/h6,8,12-16,19,21-22,25-26,30-31,33-36,40,43,46,48-53H,4-5,7,9-11,17-18,20,23-24,27-29,32,37H2,1-3H3/t40?,43?,46?,48?,49?,50?,51?,52?,53?,55?,56-/m1/s1. The fourth-order valence-corrected chi connectivity index (χ4v) is 14.4. The Kier molecular flexibility index (Phi) is 9.46. The largest absolute Gasteiger partial charge is 0.364 e. The van der Waals surface area contributed by atoms with Gasteiger partial charge in [0.1, 0.15) is 0 Å². The van der Waals surface area contributed by atoms with Crippen LogP contribution in [0.25, 0.3) is 0 Å². The fraction of sp³-hybridized carbons (Fsp3) is 0.536. The summed E-state index contributed by atoms with van der Waals surface area (Å²) < 4.78 is 0. The Hall–Kier alpha value is -3.78. The number of hydrogen-bond donors (Lipinski definition) is 0. The van der Waals surface area contributed by atoms with E-state index in [1.54, 1.807) is 33.7 Å². The molecular weight excluding hydrogens is 701 g/mol. The molecule has 3 fully saturated rings. The van der Waals surface area contributed by atoms with Crippen molar-refractivity contribution in [2.45, 2.75) is 147 Å². The molecule has 0 bridgehead atoms. The first kappa shape index (κ1) is 37.2. The van der Waals surface area contributed by atoms with E-state index in [-0.39, 0.29) is 11.0 Å². The second kappa shape index (κ2) is 14.7. The highest BCUT2D eigenvalue weighted by atomic mass is 15.3. The minimum absolute atomic E-state index is 0.0650. The van der Waals surface area contributed by atoms with Crippen molar-refractivity contribution in [1.29, 1.82) is 0 Å². The topological polar surface area (TPSA) is 6.48 Å². The first-order valence-electron chi connectivity index (χ1n) is 23.9. The van der Waals surface area contributed by atoms with Crippen LogP contribution in [0.5, 0.6) is 0 Å². The zero-order valence-corrected chi connectivity index (χ0v) is 35.8. The highest BCUT2D eigenvalue weighted by Gasteiger charge is 2.55. The Morgan fingerprint density at radius 3 is 2.52 bits per heavy atom. The second-order valence-electron chi connectivity index (χ2n) is 20.8. The summed E-state index contributed by atoms with van der Waals surface area (Å²) in [5, 5.41) is 0. The van der Waals surface area contributed by atoms with E-state index in [0.717, 1.165) is 25.2 Å². The van der Waals surface area contributed by atoms with Crippen molar-refractivity contribution in [2.75, 3.05) is 0 Å². The van der Waals surface area contributed by atoms with E-state index in [0.29, 0.717) is 47.7 Å². The number of allylic oxidation sites excluding steroid dienone is 21. The van der Waals surface area contributed by atoms with Crippen LogP contribution >= 0.6 is 0 Å². The summed E-state index contributed by atoms with van der Waals surface area (Å²) in [5.41, 5.74) is 12.9. The van der Waals surface area contributed by atoms with Gasteiger partial charge in [-0.05, 0) is 138 Å². The zero-order chi connectivity index (χ0) is 39.0. The Labute approximate surface area is 350 Å². The Morgan fingerprint density at radius 2 is 1.71 bits per heavy atom. The van der Waals surface area contributed by atoms with Gasteiger partial charge in [-0.15, -0.1) is 0 Å². The van der Waals surface area contributed by atoms with E-state index < -0.39 is 0 Å². The van der Waals surface area contributed by atoms with Gasteiger partial charge in [-0.2, -0.15) is 0 Å². The van der Waals surface area contributed by atoms with Crippen LogP contribution in [0.4, 0.5) is 0 Å². The molecule has 2 heterocycles.